The summed E-state index contributed by atoms with van der Waals surface area (Å²) in [5.41, 5.74) is 2.68. The molecule has 35 heavy (non-hydrogen) atoms. The Labute approximate surface area is 210 Å². The fraction of sp³-hybridized carbons (Fsp3) is 0.172. The number of carbonyl (C=O) groups is 2. The molecule has 0 aliphatic heterocycles. The quantitative estimate of drug-likeness (QED) is 0.329. The van der Waals surface area contributed by atoms with Gasteiger partial charge in [0.2, 0.25) is 11.8 Å². The van der Waals surface area contributed by atoms with Crippen LogP contribution in [0.4, 0.5) is 0 Å². The van der Waals surface area contributed by atoms with Gasteiger partial charge >= 0.3 is 0 Å². The number of hydrogen-bond donors (Lipinski definition) is 1. The summed E-state index contributed by atoms with van der Waals surface area (Å²) in [5, 5.41) is 5.00. The Morgan fingerprint density at radius 1 is 0.857 bits per heavy atom. The molecule has 0 saturated carbocycles. The Hall–Kier alpha value is -3.90. The zero-order valence-electron chi connectivity index (χ0n) is 19.6. The van der Waals surface area contributed by atoms with Gasteiger partial charge in [-0.15, -0.1) is 11.3 Å². The highest BCUT2D eigenvalue weighted by atomic mass is 32.1. The molecule has 178 valence electrons. The van der Waals surface area contributed by atoms with Crippen LogP contribution in [0.15, 0.2) is 102 Å². The van der Waals surface area contributed by atoms with Crippen LogP contribution in [0.1, 0.15) is 27.6 Å². The van der Waals surface area contributed by atoms with Gasteiger partial charge in [-0.05, 0) is 40.3 Å². The SMILES string of the molecule is COc1ccc([C@@H](C(=O)NCc2ccccc2)N(Cc2ccccc2)C(=O)Cc2cccs2)cc1. The van der Waals surface area contributed by atoms with Crippen LogP contribution >= 0.6 is 11.3 Å². The van der Waals surface area contributed by atoms with Crippen molar-refractivity contribution in [3.8, 4) is 5.75 Å². The van der Waals surface area contributed by atoms with Crippen LogP contribution in [0.25, 0.3) is 0 Å². The number of ether oxygens (including phenoxy) is 1. The number of thiophene rings is 1. The molecule has 0 aliphatic carbocycles. The van der Waals surface area contributed by atoms with Gasteiger partial charge in [0.1, 0.15) is 11.8 Å². The van der Waals surface area contributed by atoms with E-state index in [0.29, 0.717) is 18.8 Å². The number of rotatable bonds is 10. The molecular formula is C29H28N2O3S. The number of nitrogens with one attached hydrogen (secondary N) is 1. The minimum absolute atomic E-state index is 0.105. The van der Waals surface area contributed by atoms with Crippen molar-refractivity contribution < 1.29 is 14.3 Å². The Morgan fingerprint density at radius 3 is 2.11 bits per heavy atom. The second-order valence-electron chi connectivity index (χ2n) is 8.14. The van der Waals surface area contributed by atoms with Gasteiger partial charge in [0.05, 0.1) is 13.5 Å². The maximum atomic E-state index is 13.7. The van der Waals surface area contributed by atoms with E-state index in [1.54, 1.807) is 12.0 Å². The van der Waals surface area contributed by atoms with E-state index >= 15 is 0 Å². The molecule has 0 spiro atoms. The largest absolute Gasteiger partial charge is 0.497 e. The van der Waals surface area contributed by atoms with E-state index in [-0.39, 0.29) is 18.2 Å². The van der Waals surface area contributed by atoms with Crippen molar-refractivity contribution in [1.29, 1.82) is 0 Å². The first-order valence-electron chi connectivity index (χ1n) is 11.5. The van der Waals surface area contributed by atoms with Gasteiger partial charge in [-0.1, -0.05) is 78.9 Å². The van der Waals surface area contributed by atoms with Gasteiger partial charge in [0.25, 0.3) is 0 Å². The second-order valence-corrected chi connectivity index (χ2v) is 9.17. The smallest absolute Gasteiger partial charge is 0.247 e. The molecule has 6 heteroatoms. The van der Waals surface area contributed by atoms with E-state index < -0.39 is 6.04 Å². The molecule has 4 aromatic rings. The molecule has 2 amide bonds. The number of hydrogen-bond acceptors (Lipinski definition) is 4. The topological polar surface area (TPSA) is 58.6 Å². The van der Waals surface area contributed by atoms with Gasteiger partial charge in [-0.25, -0.2) is 0 Å². The van der Waals surface area contributed by atoms with Crippen LogP contribution in [0.3, 0.4) is 0 Å². The normalized spacial score (nSPS) is 11.5. The average Bonchev–Trinajstić information content (AvgIpc) is 3.41. The maximum absolute atomic E-state index is 13.7. The molecule has 1 heterocycles. The van der Waals surface area contributed by atoms with Crippen molar-refractivity contribution in [2.45, 2.75) is 25.6 Å². The van der Waals surface area contributed by atoms with Crippen molar-refractivity contribution in [2.75, 3.05) is 7.11 Å². The van der Waals surface area contributed by atoms with Gasteiger partial charge in [-0.2, -0.15) is 0 Å². The van der Waals surface area contributed by atoms with E-state index in [0.717, 1.165) is 21.6 Å². The van der Waals surface area contributed by atoms with Crippen molar-refractivity contribution in [3.63, 3.8) is 0 Å². The first-order valence-corrected chi connectivity index (χ1v) is 12.3. The summed E-state index contributed by atoms with van der Waals surface area (Å²) in [4.78, 5) is 30.0. The summed E-state index contributed by atoms with van der Waals surface area (Å²) < 4.78 is 5.31. The molecular weight excluding hydrogens is 456 g/mol. The molecule has 0 saturated heterocycles. The third-order valence-corrected chi connectivity index (χ3v) is 6.60. The summed E-state index contributed by atoms with van der Waals surface area (Å²) in [6, 6.07) is 29.9. The lowest BCUT2D eigenvalue weighted by molar-refractivity contribution is -0.141. The monoisotopic (exact) mass is 484 g/mol. The predicted octanol–water partition coefficient (Wildman–Crippen LogP) is 5.39. The Balaban J connectivity index is 1.68. The lowest BCUT2D eigenvalue weighted by atomic mass is 10.0. The second kappa shape index (κ2) is 12.0. The lowest BCUT2D eigenvalue weighted by Gasteiger charge is -2.32. The molecule has 0 bridgehead atoms. The average molecular weight is 485 g/mol. The highest BCUT2D eigenvalue weighted by Gasteiger charge is 2.31. The van der Waals surface area contributed by atoms with Crippen LogP contribution in [0.5, 0.6) is 5.75 Å². The van der Waals surface area contributed by atoms with Gasteiger partial charge < -0.3 is 15.0 Å². The third-order valence-electron chi connectivity index (χ3n) is 5.72. The number of carbonyl (C=O) groups excluding carboxylic acids is 2. The molecule has 0 radical (unpaired) electrons. The first kappa shape index (κ1) is 24.2. The highest BCUT2D eigenvalue weighted by molar-refractivity contribution is 7.10. The molecule has 0 aliphatic rings. The summed E-state index contributed by atoms with van der Waals surface area (Å²) in [7, 11) is 1.60. The fourth-order valence-corrected chi connectivity index (χ4v) is 4.60. The molecule has 0 unspecified atom stereocenters. The van der Waals surface area contributed by atoms with Crippen LogP contribution in [-0.2, 0) is 29.1 Å². The van der Waals surface area contributed by atoms with E-state index in [1.165, 1.54) is 11.3 Å². The number of methoxy groups -OCH3 is 1. The van der Waals surface area contributed by atoms with Crippen molar-refractivity contribution in [1.82, 2.24) is 10.2 Å². The fourth-order valence-electron chi connectivity index (χ4n) is 3.91. The summed E-state index contributed by atoms with van der Waals surface area (Å²) in [6.45, 7) is 0.700. The van der Waals surface area contributed by atoms with Gasteiger partial charge in [0.15, 0.2) is 0 Å². The number of nitrogens with zero attached hydrogens (tertiary/aromatic N) is 1. The molecule has 0 fully saturated rings. The van der Waals surface area contributed by atoms with Gasteiger partial charge in [-0.3, -0.25) is 9.59 Å². The molecule has 1 atom stereocenters. The highest BCUT2D eigenvalue weighted by Crippen LogP contribution is 2.27. The van der Waals surface area contributed by atoms with Crippen LogP contribution in [0.2, 0.25) is 0 Å². The van der Waals surface area contributed by atoms with E-state index in [1.807, 2.05) is 102 Å². The number of amides is 2. The maximum Gasteiger partial charge on any atom is 0.247 e. The summed E-state index contributed by atoms with van der Waals surface area (Å²) in [6.07, 6.45) is 0.239. The molecule has 1 aromatic heterocycles. The Morgan fingerprint density at radius 2 is 1.51 bits per heavy atom. The van der Waals surface area contributed by atoms with Crippen molar-refractivity contribution >= 4 is 23.2 Å². The number of benzene rings is 3. The third kappa shape index (κ3) is 6.58. The summed E-state index contributed by atoms with van der Waals surface area (Å²) >= 11 is 1.54. The van der Waals surface area contributed by atoms with E-state index in [2.05, 4.69) is 5.32 Å². The zero-order chi connectivity index (χ0) is 24.5. The van der Waals surface area contributed by atoms with Gasteiger partial charge in [0, 0.05) is 18.0 Å². The molecule has 3 aromatic carbocycles. The Kier molecular flexibility index (Phi) is 8.30. The predicted molar refractivity (Wildman–Crippen MR) is 139 cm³/mol. The summed E-state index contributed by atoms with van der Waals surface area (Å²) in [5.74, 6) is 0.359. The first-order chi connectivity index (χ1) is 17.1. The van der Waals surface area contributed by atoms with Crippen molar-refractivity contribution in [3.05, 3.63) is 124 Å². The van der Waals surface area contributed by atoms with Crippen LogP contribution < -0.4 is 10.1 Å². The lowest BCUT2D eigenvalue weighted by Crippen LogP contribution is -2.43. The standard InChI is InChI=1S/C29H28N2O3S/c1-34-25-16-14-24(15-17-25)28(29(33)30-20-22-9-4-2-5-10-22)31(21-23-11-6-3-7-12-23)27(32)19-26-13-8-18-35-26/h2-18,28H,19-21H2,1H3,(H,30,33)/t28-/m0/s1. The van der Waals surface area contributed by atoms with E-state index in [4.69, 9.17) is 4.74 Å². The minimum Gasteiger partial charge on any atom is -0.497 e. The minimum atomic E-state index is -0.794. The zero-order valence-corrected chi connectivity index (χ0v) is 20.4. The van der Waals surface area contributed by atoms with E-state index in [9.17, 15) is 9.59 Å². The Bertz CT molecular complexity index is 1210. The molecule has 5 nitrogen and oxygen atoms in total. The van der Waals surface area contributed by atoms with Crippen LogP contribution in [-0.4, -0.2) is 23.8 Å². The van der Waals surface area contributed by atoms with Crippen LogP contribution in [0, 0.1) is 0 Å². The van der Waals surface area contributed by atoms with Crippen molar-refractivity contribution in [2.24, 2.45) is 0 Å². The molecule has 1 N–H and O–H groups in total. The molecule has 4 rings (SSSR count).